The minimum Gasteiger partial charge on any atom is -0.726 e. The monoisotopic (exact) mass is 366 g/mol. The van der Waals surface area contributed by atoms with E-state index in [9.17, 15) is 0 Å². The summed E-state index contributed by atoms with van der Waals surface area (Å²) in [6, 6.07) is 0. The van der Waals surface area contributed by atoms with Crippen LogP contribution in [-0.2, 0) is 20.8 Å². The molecule has 0 amide bonds. The zero-order valence-corrected chi connectivity index (χ0v) is 15.3. The molecule has 0 saturated carbocycles. The second-order valence-corrected chi connectivity index (χ2v) is 2.57. The van der Waals surface area contributed by atoms with Gasteiger partial charge in [-0.2, -0.15) is 0 Å². The summed E-state index contributed by atoms with van der Waals surface area (Å²) < 4.78 is 65.7. The van der Waals surface area contributed by atoms with Crippen LogP contribution in [0.15, 0.2) is 0 Å². The van der Waals surface area contributed by atoms with Gasteiger partial charge in [0.15, 0.2) is 0 Å². The van der Waals surface area contributed by atoms with Gasteiger partial charge in [0.2, 0.25) is 20.8 Å². The van der Waals surface area contributed by atoms with Crippen LogP contribution in [0.25, 0.3) is 0 Å². The van der Waals surface area contributed by atoms with Gasteiger partial charge in [-0.05, 0) is 0 Å². The standard InChI is InChI=1S/2Na.2H2O4S.7H2O/c;;2*1-5(2,3)4;;;;;;;/h;;2*(H2,1,2,3,4);7*1H2/q2*+1;;;;;;;;;/p-2. The third-order valence-corrected chi connectivity index (χ3v) is 0. The Bertz CT molecular complexity index is 215. The van der Waals surface area contributed by atoms with Crippen LogP contribution in [0.4, 0.5) is 0 Å². The first-order valence-electron chi connectivity index (χ1n) is 1.37. The van der Waals surface area contributed by atoms with E-state index in [0.717, 1.165) is 0 Å². The van der Waals surface area contributed by atoms with Crippen LogP contribution in [0.1, 0.15) is 0 Å². The minimum atomic E-state index is -4.92. The molecular formula is H16Na2O15S2. The van der Waals surface area contributed by atoms with E-state index in [0.29, 0.717) is 0 Å². The fraction of sp³-hybridized carbons (Fsp3) is 0. The first-order valence-corrected chi connectivity index (χ1v) is 4.10. The Morgan fingerprint density at radius 1 is 0.526 bits per heavy atom. The maximum atomic E-state index is 8.63. The smallest absolute Gasteiger partial charge is 0.726 e. The summed E-state index contributed by atoms with van der Waals surface area (Å²) in [7, 11) is -9.83. The largest absolute Gasteiger partial charge is 1.00 e. The third-order valence-electron chi connectivity index (χ3n) is 0. The van der Waals surface area contributed by atoms with E-state index in [-0.39, 0.29) is 97.4 Å². The maximum absolute atomic E-state index is 8.63. The van der Waals surface area contributed by atoms with Crippen molar-refractivity contribution in [3.63, 3.8) is 0 Å². The molecule has 19 heavy (non-hydrogen) atoms. The average molecular weight is 366 g/mol. The first-order chi connectivity index (χ1) is 4.00. The van der Waals surface area contributed by atoms with Crippen molar-refractivity contribution in [1.82, 2.24) is 0 Å². The molecule has 0 aliphatic rings. The van der Waals surface area contributed by atoms with E-state index in [1.807, 2.05) is 0 Å². The Balaban J connectivity index is -0.00000000508. The number of hydrogen-bond acceptors (Lipinski definition) is 6. The van der Waals surface area contributed by atoms with Crippen LogP contribution >= 0.6 is 0 Å². The maximum Gasteiger partial charge on any atom is 1.00 e. The van der Waals surface area contributed by atoms with Crippen LogP contribution in [0.2, 0.25) is 0 Å². The molecule has 0 unspecified atom stereocenters. The molecule has 0 radical (unpaired) electrons. The second kappa shape index (κ2) is 36.6. The van der Waals surface area contributed by atoms with Crippen molar-refractivity contribution in [2.45, 2.75) is 0 Å². The molecule has 0 heterocycles. The van der Waals surface area contributed by atoms with Gasteiger partial charge in [-0.3, -0.25) is 9.11 Å². The Morgan fingerprint density at radius 3 is 0.526 bits per heavy atom. The third kappa shape index (κ3) is 2780. The number of rotatable bonds is 0. The average Bonchev–Trinajstić information content (AvgIpc) is 1.12. The van der Waals surface area contributed by atoms with E-state index in [4.69, 9.17) is 35.0 Å². The molecule has 0 fully saturated rings. The molecule has 0 aromatic rings. The van der Waals surface area contributed by atoms with Crippen LogP contribution in [0.3, 0.4) is 0 Å². The van der Waals surface area contributed by atoms with E-state index in [2.05, 4.69) is 0 Å². The molecule has 0 atom stereocenters. The van der Waals surface area contributed by atoms with Gasteiger partial charge in [0.05, 0.1) is 0 Å². The summed E-state index contributed by atoms with van der Waals surface area (Å²) >= 11 is 0. The first kappa shape index (κ1) is 86.6. The molecule has 16 N–H and O–H groups in total. The molecule has 19 heteroatoms. The molecule has 0 aromatic carbocycles. The molecule has 0 rings (SSSR count). The Hall–Kier alpha value is 1.46. The quantitative estimate of drug-likeness (QED) is 0.234. The van der Waals surface area contributed by atoms with E-state index in [1.54, 1.807) is 0 Å². The molecule has 0 bridgehead atoms. The Morgan fingerprint density at radius 2 is 0.526 bits per heavy atom. The van der Waals surface area contributed by atoms with E-state index >= 15 is 0 Å². The van der Waals surface area contributed by atoms with E-state index < -0.39 is 20.8 Å². The van der Waals surface area contributed by atoms with Crippen LogP contribution in [0, 0.1) is 0 Å². The van der Waals surface area contributed by atoms with Crippen molar-refractivity contribution in [3.8, 4) is 0 Å². The molecular weight excluding hydrogens is 350 g/mol. The zero-order valence-electron chi connectivity index (χ0n) is 9.66. The predicted octanol–water partition coefficient (Wildman–Crippen LogP) is -13.8. The zero-order chi connectivity index (χ0) is 9.00. The van der Waals surface area contributed by atoms with Gasteiger partial charge >= 0.3 is 59.1 Å². The van der Waals surface area contributed by atoms with Gasteiger partial charge in [0.1, 0.15) is 0 Å². The topological polar surface area (TPSA) is 375 Å². The fourth-order valence-corrected chi connectivity index (χ4v) is 0. The summed E-state index contributed by atoms with van der Waals surface area (Å²) in [5.74, 6) is 0. The normalized spacial score (nSPS) is 6.11. The Labute approximate surface area is 152 Å². The minimum absolute atomic E-state index is 0. The van der Waals surface area contributed by atoms with Gasteiger partial charge in [-0.1, -0.05) is 0 Å². The number of hydrogen-bond donors (Lipinski definition) is 2. The van der Waals surface area contributed by atoms with Crippen molar-refractivity contribution in [2.24, 2.45) is 0 Å². The summed E-state index contributed by atoms with van der Waals surface area (Å²) in [4.78, 5) is 0. The van der Waals surface area contributed by atoms with Gasteiger partial charge < -0.3 is 47.4 Å². The van der Waals surface area contributed by atoms with Crippen LogP contribution in [0.5, 0.6) is 0 Å². The van der Waals surface area contributed by atoms with Crippen molar-refractivity contribution in [2.75, 3.05) is 0 Å². The predicted molar refractivity (Wildman–Crippen MR) is 49.9 cm³/mol. The molecule has 0 spiro atoms. The second-order valence-electron chi connectivity index (χ2n) is 0.855. The SMILES string of the molecule is O.O.O.O.O.O.O.O=S(=O)([O-])O.O=S(=O)([O-])O.[Na+].[Na+]. The molecule has 0 saturated heterocycles. The van der Waals surface area contributed by atoms with Gasteiger partial charge in [0.25, 0.3) is 0 Å². The van der Waals surface area contributed by atoms with Crippen LogP contribution < -0.4 is 59.1 Å². The van der Waals surface area contributed by atoms with Crippen molar-refractivity contribution in [3.05, 3.63) is 0 Å². The summed E-state index contributed by atoms with van der Waals surface area (Å²) in [6.45, 7) is 0. The molecule has 15 nitrogen and oxygen atoms in total. The summed E-state index contributed by atoms with van der Waals surface area (Å²) in [5.41, 5.74) is 0. The fourth-order valence-electron chi connectivity index (χ4n) is 0. The van der Waals surface area contributed by atoms with Crippen LogP contribution in [-0.4, -0.2) is 73.4 Å². The molecule has 0 aromatic heterocycles. The van der Waals surface area contributed by atoms with Crippen molar-refractivity contribution >= 4 is 20.8 Å². The summed E-state index contributed by atoms with van der Waals surface area (Å²) in [6.07, 6.45) is 0. The Kier molecular flexibility index (Phi) is 167. The molecule has 0 aliphatic carbocycles. The van der Waals surface area contributed by atoms with Crippen molar-refractivity contribution in [1.29, 1.82) is 0 Å². The van der Waals surface area contributed by atoms with Gasteiger partial charge in [-0.25, -0.2) is 16.8 Å². The van der Waals surface area contributed by atoms with Gasteiger partial charge in [0, 0.05) is 0 Å². The summed E-state index contributed by atoms with van der Waals surface area (Å²) in [5, 5.41) is 0. The van der Waals surface area contributed by atoms with E-state index in [1.165, 1.54) is 0 Å². The van der Waals surface area contributed by atoms with Crippen molar-refractivity contribution < 1.29 is 132 Å². The molecule has 0 aliphatic heterocycles. The van der Waals surface area contributed by atoms with Gasteiger partial charge in [-0.15, -0.1) is 0 Å². The molecule has 120 valence electrons.